The summed E-state index contributed by atoms with van der Waals surface area (Å²) in [5, 5.41) is 0. The van der Waals surface area contributed by atoms with Crippen LogP contribution in [0.1, 0.15) is 22.2 Å². The maximum atomic E-state index is 12.8. The quantitative estimate of drug-likeness (QED) is 0.775. The molecule has 1 amide bonds. The van der Waals surface area contributed by atoms with Gasteiger partial charge in [-0.25, -0.2) is 8.42 Å². The Morgan fingerprint density at radius 3 is 2.52 bits per heavy atom. The normalized spacial score (nSPS) is 18.7. The molecule has 0 N–H and O–H groups in total. The predicted molar refractivity (Wildman–Crippen MR) is 98.0 cm³/mol. The smallest absolute Gasteiger partial charge is 0.253 e. The molecule has 1 aliphatic heterocycles. The Morgan fingerprint density at radius 1 is 1.20 bits per heavy atom. The molecule has 3 rings (SSSR count). The van der Waals surface area contributed by atoms with Crippen molar-refractivity contribution in [3.05, 3.63) is 52.9 Å². The van der Waals surface area contributed by atoms with E-state index in [2.05, 4.69) is 5.92 Å². The molecular formula is C18H18N2O3S2. The van der Waals surface area contributed by atoms with Gasteiger partial charge in [-0.1, -0.05) is 24.1 Å². The summed E-state index contributed by atoms with van der Waals surface area (Å²) in [6.45, 7) is 2.81. The standard InChI is InChI=1S/C18H18N2O3S2/c1-3-16-9-10-17(24-16)25(22,23)20-12-11-19(13-14(20)2)18(21)15-7-5-4-6-8-15/h1,4-10,14H,11-13H2,2H3. The summed E-state index contributed by atoms with van der Waals surface area (Å²) < 4.78 is 27.4. The molecular weight excluding hydrogens is 356 g/mol. The molecule has 0 bridgehead atoms. The topological polar surface area (TPSA) is 57.7 Å². The van der Waals surface area contributed by atoms with E-state index >= 15 is 0 Å². The first-order valence-electron chi connectivity index (χ1n) is 7.86. The summed E-state index contributed by atoms with van der Waals surface area (Å²) in [5.74, 6) is 2.38. The predicted octanol–water partition coefficient (Wildman–Crippen LogP) is 2.26. The van der Waals surface area contributed by atoms with Crippen LogP contribution in [-0.4, -0.2) is 49.2 Å². The summed E-state index contributed by atoms with van der Waals surface area (Å²) in [7, 11) is -3.60. The van der Waals surface area contributed by atoms with E-state index in [9.17, 15) is 13.2 Å². The van der Waals surface area contributed by atoms with Crippen molar-refractivity contribution in [1.29, 1.82) is 0 Å². The number of rotatable bonds is 3. The first kappa shape index (κ1) is 17.7. The van der Waals surface area contributed by atoms with Gasteiger partial charge in [0.05, 0.1) is 4.88 Å². The Balaban J connectivity index is 1.76. The van der Waals surface area contributed by atoms with Gasteiger partial charge in [-0.2, -0.15) is 4.31 Å². The first-order chi connectivity index (χ1) is 11.9. The molecule has 1 aliphatic rings. The van der Waals surface area contributed by atoms with Crippen molar-refractivity contribution in [3.63, 3.8) is 0 Å². The van der Waals surface area contributed by atoms with Crippen LogP contribution in [0.2, 0.25) is 0 Å². The van der Waals surface area contributed by atoms with Crippen molar-refractivity contribution in [3.8, 4) is 12.3 Å². The van der Waals surface area contributed by atoms with Crippen molar-refractivity contribution in [2.45, 2.75) is 17.2 Å². The van der Waals surface area contributed by atoms with Crippen molar-refractivity contribution in [2.24, 2.45) is 0 Å². The zero-order chi connectivity index (χ0) is 18.0. The number of sulfonamides is 1. The lowest BCUT2D eigenvalue weighted by molar-refractivity contribution is 0.0642. The average molecular weight is 374 g/mol. The van der Waals surface area contributed by atoms with Crippen molar-refractivity contribution in [2.75, 3.05) is 19.6 Å². The Labute approximate surface area is 151 Å². The van der Waals surface area contributed by atoms with Gasteiger partial charge in [0.1, 0.15) is 4.21 Å². The highest BCUT2D eigenvalue weighted by molar-refractivity contribution is 7.91. The fraction of sp³-hybridized carbons (Fsp3) is 0.278. The second-order valence-electron chi connectivity index (χ2n) is 5.84. The van der Waals surface area contributed by atoms with Crippen LogP contribution < -0.4 is 0 Å². The second kappa shape index (κ2) is 7.00. The third-order valence-electron chi connectivity index (χ3n) is 4.16. The molecule has 2 heterocycles. The van der Waals surface area contributed by atoms with E-state index in [1.54, 1.807) is 29.2 Å². The minimum absolute atomic E-state index is 0.0739. The second-order valence-corrected chi connectivity index (χ2v) is 9.05. The molecule has 1 aromatic heterocycles. The van der Waals surface area contributed by atoms with Crippen molar-refractivity contribution >= 4 is 27.3 Å². The van der Waals surface area contributed by atoms with E-state index in [0.717, 1.165) is 11.3 Å². The molecule has 0 aliphatic carbocycles. The van der Waals surface area contributed by atoms with Crippen LogP contribution in [0.3, 0.4) is 0 Å². The van der Waals surface area contributed by atoms with Gasteiger partial charge in [0.2, 0.25) is 0 Å². The molecule has 1 aromatic carbocycles. The van der Waals surface area contributed by atoms with Gasteiger partial charge in [0.15, 0.2) is 0 Å². The van der Waals surface area contributed by atoms with Crippen LogP contribution in [0.5, 0.6) is 0 Å². The number of terminal acetylenes is 1. The fourth-order valence-corrected chi connectivity index (χ4v) is 5.76. The number of piperazine rings is 1. The van der Waals surface area contributed by atoms with E-state index < -0.39 is 10.0 Å². The number of carbonyl (C=O) groups is 1. The molecule has 1 unspecified atom stereocenters. The summed E-state index contributed by atoms with van der Waals surface area (Å²) >= 11 is 1.09. The molecule has 2 aromatic rings. The number of hydrogen-bond donors (Lipinski definition) is 0. The molecule has 130 valence electrons. The Kier molecular flexibility index (Phi) is 4.95. The van der Waals surface area contributed by atoms with E-state index in [0.29, 0.717) is 23.5 Å². The number of thiophene rings is 1. The lowest BCUT2D eigenvalue weighted by Gasteiger charge is -2.38. The molecule has 1 atom stereocenters. The van der Waals surface area contributed by atoms with Crippen LogP contribution in [0.25, 0.3) is 0 Å². The van der Waals surface area contributed by atoms with Gasteiger partial charge < -0.3 is 4.90 Å². The van der Waals surface area contributed by atoms with Gasteiger partial charge in [-0.05, 0) is 31.2 Å². The molecule has 1 saturated heterocycles. The lowest BCUT2D eigenvalue weighted by atomic mass is 10.1. The number of nitrogens with zero attached hydrogens (tertiary/aromatic N) is 2. The highest BCUT2D eigenvalue weighted by Crippen LogP contribution is 2.27. The minimum atomic E-state index is -3.60. The van der Waals surface area contributed by atoms with Gasteiger partial charge in [0, 0.05) is 31.2 Å². The average Bonchev–Trinajstić information content (AvgIpc) is 3.11. The molecule has 0 spiro atoms. The van der Waals surface area contributed by atoms with Crippen molar-refractivity contribution in [1.82, 2.24) is 9.21 Å². The van der Waals surface area contributed by atoms with Gasteiger partial charge in [-0.3, -0.25) is 4.79 Å². The highest BCUT2D eigenvalue weighted by Gasteiger charge is 2.36. The summed E-state index contributed by atoms with van der Waals surface area (Å²) in [6, 6.07) is 11.9. The van der Waals surface area contributed by atoms with E-state index in [1.807, 2.05) is 25.1 Å². The zero-order valence-corrected chi connectivity index (χ0v) is 15.4. The molecule has 5 nitrogen and oxygen atoms in total. The van der Waals surface area contributed by atoms with Gasteiger partial charge in [0.25, 0.3) is 15.9 Å². The van der Waals surface area contributed by atoms with Crippen LogP contribution in [-0.2, 0) is 10.0 Å². The molecule has 0 radical (unpaired) electrons. The fourth-order valence-electron chi connectivity index (χ4n) is 2.90. The first-order valence-corrected chi connectivity index (χ1v) is 10.1. The SMILES string of the molecule is C#Cc1ccc(S(=O)(=O)N2CCN(C(=O)c3ccccc3)CC2C)s1. The van der Waals surface area contributed by atoms with Crippen LogP contribution in [0.4, 0.5) is 0 Å². The summed E-state index contributed by atoms with van der Waals surface area (Å²) in [6.07, 6.45) is 5.33. The van der Waals surface area contributed by atoms with Crippen molar-refractivity contribution < 1.29 is 13.2 Å². The van der Waals surface area contributed by atoms with E-state index in [4.69, 9.17) is 6.42 Å². The largest absolute Gasteiger partial charge is 0.336 e. The Hall–Kier alpha value is -2.14. The lowest BCUT2D eigenvalue weighted by Crippen LogP contribution is -2.55. The molecule has 0 saturated carbocycles. The molecule has 7 heteroatoms. The maximum Gasteiger partial charge on any atom is 0.253 e. The van der Waals surface area contributed by atoms with Gasteiger partial charge >= 0.3 is 0 Å². The van der Waals surface area contributed by atoms with Crippen LogP contribution in [0, 0.1) is 12.3 Å². The third kappa shape index (κ3) is 3.47. The van der Waals surface area contributed by atoms with E-state index in [1.165, 1.54) is 4.31 Å². The summed E-state index contributed by atoms with van der Waals surface area (Å²) in [4.78, 5) is 14.8. The Bertz CT molecular complexity index is 913. The highest BCUT2D eigenvalue weighted by atomic mass is 32.2. The minimum Gasteiger partial charge on any atom is -0.336 e. The van der Waals surface area contributed by atoms with Crippen LogP contribution >= 0.6 is 11.3 Å². The Morgan fingerprint density at radius 2 is 1.92 bits per heavy atom. The van der Waals surface area contributed by atoms with Gasteiger partial charge in [-0.15, -0.1) is 17.8 Å². The number of carbonyl (C=O) groups excluding carboxylic acids is 1. The molecule has 1 fully saturated rings. The number of hydrogen-bond acceptors (Lipinski definition) is 4. The zero-order valence-electron chi connectivity index (χ0n) is 13.8. The maximum absolute atomic E-state index is 12.8. The summed E-state index contributed by atoms with van der Waals surface area (Å²) in [5.41, 5.74) is 0.614. The monoisotopic (exact) mass is 374 g/mol. The third-order valence-corrected chi connectivity index (χ3v) is 7.66. The molecule has 25 heavy (non-hydrogen) atoms. The number of benzene rings is 1. The van der Waals surface area contributed by atoms with E-state index in [-0.39, 0.29) is 22.7 Å². The number of amides is 1. The van der Waals surface area contributed by atoms with Crippen LogP contribution in [0.15, 0.2) is 46.7 Å².